The highest BCUT2D eigenvalue weighted by Gasteiger charge is 2.09. The summed E-state index contributed by atoms with van der Waals surface area (Å²) in [6.07, 6.45) is 0. The molecule has 0 fully saturated rings. The molecule has 0 saturated carbocycles. The lowest BCUT2D eigenvalue weighted by Crippen LogP contribution is -2.13. The fourth-order valence-electron chi connectivity index (χ4n) is 2.36. The molecule has 0 bridgehead atoms. The van der Waals surface area contributed by atoms with Crippen LogP contribution in [0.1, 0.15) is 12.5 Å². The van der Waals surface area contributed by atoms with Crippen LogP contribution in [-0.2, 0) is 9.59 Å². The number of benzene rings is 2. The second-order valence-corrected chi connectivity index (χ2v) is 7.86. The first-order valence-corrected chi connectivity index (χ1v) is 10.2. The maximum absolute atomic E-state index is 12.2. The minimum Gasteiger partial charge on any atom is -0.326 e. The van der Waals surface area contributed by atoms with E-state index in [1.54, 1.807) is 0 Å². The van der Waals surface area contributed by atoms with Gasteiger partial charge in [0.25, 0.3) is 0 Å². The van der Waals surface area contributed by atoms with Gasteiger partial charge in [0.2, 0.25) is 11.8 Å². The van der Waals surface area contributed by atoms with E-state index >= 15 is 0 Å². The third-order valence-electron chi connectivity index (χ3n) is 3.62. The number of thioether (sulfide) groups is 1. The van der Waals surface area contributed by atoms with Gasteiger partial charge in [-0.1, -0.05) is 35.9 Å². The van der Waals surface area contributed by atoms with Crippen molar-refractivity contribution in [3.63, 3.8) is 0 Å². The van der Waals surface area contributed by atoms with Crippen LogP contribution >= 0.6 is 23.1 Å². The van der Waals surface area contributed by atoms with Gasteiger partial charge in [0.15, 0.2) is 5.13 Å². The first-order valence-electron chi connectivity index (χ1n) is 8.32. The number of thiazole rings is 1. The zero-order chi connectivity index (χ0) is 19.2. The number of carbonyl (C=O) groups excluding carboxylic acids is 2. The highest BCUT2D eigenvalue weighted by molar-refractivity contribution is 8.00. The van der Waals surface area contributed by atoms with Gasteiger partial charge in [0.05, 0.1) is 11.4 Å². The Morgan fingerprint density at radius 3 is 2.63 bits per heavy atom. The number of nitrogens with one attached hydrogen (secondary N) is 2. The first-order chi connectivity index (χ1) is 13.0. The van der Waals surface area contributed by atoms with Gasteiger partial charge < -0.3 is 10.6 Å². The first kappa shape index (κ1) is 19.1. The Morgan fingerprint density at radius 2 is 1.89 bits per heavy atom. The summed E-state index contributed by atoms with van der Waals surface area (Å²) in [5.74, 6) is 0.0287. The number of hydrogen-bond donors (Lipinski definition) is 2. The predicted octanol–water partition coefficient (Wildman–Crippen LogP) is 4.81. The maximum atomic E-state index is 12.2. The van der Waals surface area contributed by atoms with Crippen molar-refractivity contribution in [1.82, 2.24) is 4.98 Å². The van der Waals surface area contributed by atoms with Crippen LogP contribution in [0.25, 0.3) is 11.3 Å². The smallest absolute Gasteiger partial charge is 0.236 e. The van der Waals surface area contributed by atoms with Crippen LogP contribution in [0.2, 0.25) is 0 Å². The molecule has 0 aliphatic carbocycles. The van der Waals surface area contributed by atoms with Crippen molar-refractivity contribution in [1.29, 1.82) is 0 Å². The summed E-state index contributed by atoms with van der Waals surface area (Å²) in [7, 11) is 0. The van der Waals surface area contributed by atoms with E-state index < -0.39 is 0 Å². The van der Waals surface area contributed by atoms with Crippen molar-refractivity contribution in [2.75, 3.05) is 16.4 Å². The Kier molecular flexibility index (Phi) is 6.26. The van der Waals surface area contributed by atoms with Gasteiger partial charge in [-0.25, -0.2) is 4.98 Å². The number of carbonyl (C=O) groups is 2. The molecule has 2 N–H and O–H groups in total. The molecule has 138 valence electrons. The van der Waals surface area contributed by atoms with Gasteiger partial charge in [-0.2, -0.15) is 0 Å². The van der Waals surface area contributed by atoms with Crippen LogP contribution in [0.5, 0.6) is 0 Å². The summed E-state index contributed by atoms with van der Waals surface area (Å²) in [5, 5.41) is 8.09. The van der Waals surface area contributed by atoms with Crippen molar-refractivity contribution in [3.05, 3.63) is 59.5 Å². The fraction of sp³-hybridized carbons (Fsp3) is 0.150. The minimum atomic E-state index is -0.122. The molecule has 3 aromatic rings. The molecule has 1 aromatic heterocycles. The largest absolute Gasteiger partial charge is 0.326 e. The summed E-state index contributed by atoms with van der Waals surface area (Å²) in [6, 6.07) is 15.5. The van der Waals surface area contributed by atoms with Gasteiger partial charge in [-0.3, -0.25) is 9.59 Å². The second-order valence-electron chi connectivity index (χ2n) is 5.95. The lowest BCUT2D eigenvalue weighted by molar-refractivity contribution is -0.114. The molecule has 0 spiro atoms. The third kappa shape index (κ3) is 5.67. The van der Waals surface area contributed by atoms with Crippen LogP contribution in [-0.4, -0.2) is 22.6 Å². The van der Waals surface area contributed by atoms with Crippen molar-refractivity contribution < 1.29 is 9.59 Å². The molecule has 0 radical (unpaired) electrons. The van der Waals surface area contributed by atoms with Crippen LogP contribution in [0.3, 0.4) is 0 Å². The number of aryl methyl sites for hydroxylation is 1. The lowest BCUT2D eigenvalue weighted by atomic mass is 10.1. The molecule has 2 aromatic carbocycles. The highest BCUT2D eigenvalue weighted by atomic mass is 32.2. The summed E-state index contributed by atoms with van der Waals surface area (Å²) in [4.78, 5) is 28.7. The van der Waals surface area contributed by atoms with Crippen molar-refractivity contribution in [3.8, 4) is 11.3 Å². The number of amides is 2. The Labute approximate surface area is 166 Å². The lowest BCUT2D eigenvalue weighted by Gasteiger charge is -2.05. The monoisotopic (exact) mass is 397 g/mol. The van der Waals surface area contributed by atoms with E-state index in [1.165, 1.54) is 35.6 Å². The molecular formula is C20H19N3O2S2. The molecule has 0 unspecified atom stereocenters. The Bertz CT molecular complexity index is 952. The minimum absolute atomic E-state index is 0.116. The number of anilines is 2. The van der Waals surface area contributed by atoms with Gasteiger partial charge in [-0.05, 0) is 25.1 Å². The maximum Gasteiger partial charge on any atom is 0.236 e. The second kappa shape index (κ2) is 8.83. The predicted molar refractivity (Wildman–Crippen MR) is 112 cm³/mol. The average molecular weight is 398 g/mol. The number of rotatable bonds is 6. The quantitative estimate of drug-likeness (QED) is 0.586. The van der Waals surface area contributed by atoms with Gasteiger partial charge in [0, 0.05) is 28.5 Å². The number of nitrogens with zero attached hydrogens (tertiary/aromatic N) is 1. The SMILES string of the molecule is CC(=O)Nc1cccc(SCC(=O)Nc2nc(-c3ccc(C)cc3)cs2)c1. The number of hydrogen-bond acceptors (Lipinski definition) is 5. The summed E-state index contributed by atoms with van der Waals surface area (Å²) in [6.45, 7) is 3.51. The third-order valence-corrected chi connectivity index (χ3v) is 5.37. The Hall–Kier alpha value is -2.64. The summed E-state index contributed by atoms with van der Waals surface area (Å²) >= 11 is 2.82. The number of aromatic nitrogens is 1. The van der Waals surface area contributed by atoms with E-state index in [-0.39, 0.29) is 17.6 Å². The molecule has 0 saturated heterocycles. The van der Waals surface area contributed by atoms with Crippen LogP contribution in [0, 0.1) is 6.92 Å². The van der Waals surface area contributed by atoms with Crippen LogP contribution in [0.15, 0.2) is 58.8 Å². The van der Waals surface area contributed by atoms with E-state index in [2.05, 4.69) is 15.6 Å². The van der Waals surface area contributed by atoms with Crippen molar-refractivity contribution in [2.45, 2.75) is 18.7 Å². The molecule has 1 heterocycles. The van der Waals surface area contributed by atoms with E-state index in [4.69, 9.17) is 0 Å². The molecule has 27 heavy (non-hydrogen) atoms. The topological polar surface area (TPSA) is 71.1 Å². The van der Waals surface area contributed by atoms with Crippen LogP contribution in [0.4, 0.5) is 10.8 Å². The molecule has 0 aliphatic rings. The molecular weight excluding hydrogens is 378 g/mol. The zero-order valence-corrected chi connectivity index (χ0v) is 16.6. The van der Waals surface area contributed by atoms with E-state index in [0.717, 1.165) is 21.8 Å². The van der Waals surface area contributed by atoms with Gasteiger partial charge in [0.1, 0.15) is 0 Å². The van der Waals surface area contributed by atoms with Crippen molar-refractivity contribution in [2.24, 2.45) is 0 Å². The average Bonchev–Trinajstić information content (AvgIpc) is 3.09. The zero-order valence-electron chi connectivity index (χ0n) is 15.0. The Balaban J connectivity index is 1.55. The fourth-order valence-corrected chi connectivity index (χ4v) is 3.85. The van der Waals surface area contributed by atoms with E-state index in [1.807, 2.05) is 60.8 Å². The van der Waals surface area contributed by atoms with Crippen molar-refractivity contribution >= 4 is 45.7 Å². The Morgan fingerprint density at radius 1 is 1.11 bits per heavy atom. The molecule has 7 heteroatoms. The van der Waals surface area contributed by atoms with Gasteiger partial charge in [-0.15, -0.1) is 23.1 Å². The van der Waals surface area contributed by atoms with Gasteiger partial charge >= 0.3 is 0 Å². The molecule has 3 rings (SSSR count). The summed E-state index contributed by atoms with van der Waals surface area (Å²) < 4.78 is 0. The molecule has 0 aliphatic heterocycles. The normalized spacial score (nSPS) is 10.4. The highest BCUT2D eigenvalue weighted by Crippen LogP contribution is 2.26. The molecule has 0 atom stereocenters. The standard InChI is InChI=1S/C20H19N3O2S2/c1-13-6-8-15(9-7-13)18-11-27-20(22-18)23-19(25)12-26-17-5-3-4-16(10-17)21-14(2)24/h3-11H,12H2,1-2H3,(H,21,24)(H,22,23,25). The van der Waals surface area contributed by atoms with E-state index in [0.29, 0.717) is 5.13 Å². The van der Waals surface area contributed by atoms with E-state index in [9.17, 15) is 9.59 Å². The summed E-state index contributed by atoms with van der Waals surface area (Å²) in [5.41, 5.74) is 3.80. The molecule has 5 nitrogen and oxygen atoms in total. The molecule has 2 amide bonds. The van der Waals surface area contributed by atoms with Crippen LogP contribution < -0.4 is 10.6 Å².